The predicted molar refractivity (Wildman–Crippen MR) is 128 cm³/mol. The Labute approximate surface area is 200 Å². The van der Waals surface area contributed by atoms with Crippen molar-refractivity contribution in [2.24, 2.45) is 58.2 Å². The Morgan fingerprint density at radius 3 is 2.22 bits per heavy atom. The van der Waals surface area contributed by atoms with Crippen LogP contribution < -0.4 is 0 Å². The molecule has 0 spiro atoms. The molecule has 4 fully saturated rings. The van der Waals surface area contributed by atoms with Crippen LogP contribution in [0.2, 0.25) is 0 Å². The van der Waals surface area contributed by atoms with E-state index in [9.17, 15) is 20.4 Å². The molecule has 0 aromatic carbocycles. The molecule has 0 amide bonds. The second kappa shape index (κ2) is 8.81. The highest BCUT2D eigenvalue weighted by molar-refractivity contribution is 5.11. The first-order valence-electron chi connectivity index (χ1n) is 14.8. The van der Waals surface area contributed by atoms with Crippen molar-refractivity contribution in [2.75, 3.05) is 0 Å². The van der Waals surface area contributed by atoms with Gasteiger partial charge in [-0.1, -0.05) is 41.5 Å². The third-order valence-electron chi connectivity index (χ3n) is 11.6. The third kappa shape index (κ3) is 3.80. The first-order chi connectivity index (χ1) is 16.1. The molecule has 0 bridgehead atoms. The molecule has 1 unspecified atom stereocenters. The van der Waals surface area contributed by atoms with Crippen molar-refractivity contribution >= 4 is 0 Å². The summed E-state index contributed by atoms with van der Waals surface area (Å²) in [6.07, 6.45) is 4.96. The van der Waals surface area contributed by atoms with E-state index < -0.39 is 43.1 Å². The Hall–Kier alpha value is -0.160. The second-order valence-electron chi connectivity index (χ2n) is 12.9. The number of rotatable bonds is 5. The van der Waals surface area contributed by atoms with Crippen LogP contribution in [-0.2, 0) is 0 Å². The maximum atomic E-state index is 11.2. The van der Waals surface area contributed by atoms with Gasteiger partial charge in [0.2, 0.25) is 0 Å². The predicted octanol–water partition coefficient (Wildman–Crippen LogP) is 4.63. The number of aliphatic hydroxyl groups excluding tert-OH is 4. The fourth-order valence-corrected chi connectivity index (χ4v) is 9.34. The van der Waals surface area contributed by atoms with E-state index >= 15 is 0 Å². The largest absolute Gasteiger partial charge is 0.390 e. The monoisotopic (exact) mass is 453 g/mol. The highest BCUT2D eigenvalue weighted by atomic mass is 16.3. The minimum atomic E-state index is -2.15. The van der Waals surface area contributed by atoms with Gasteiger partial charge in [-0.05, 0) is 110 Å². The summed E-state index contributed by atoms with van der Waals surface area (Å²) in [6, 6.07) is 0. The second-order valence-corrected chi connectivity index (χ2v) is 12.9. The Bertz CT molecular complexity index is 761. The van der Waals surface area contributed by atoms with Crippen molar-refractivity contribution in [3.63, 3.8) is 0 Å². The van der Waals surface area contributed by atoms with Crippen molar-refractivity contribution in [2.45, 2.75) is 117 Å². The molecule has 4 aliphatic rings. The molecule has 4 nitrogen and oxygen atoms in total. The number of aliphatic hydroxyl groups is 4. The van der Waals surface area contributed by atoms with Crippen molar-refractivity contribution in [1.82, 2.24) is 0 Å². The molecule has 32 heavy (non-hydrogen) atoms. The van der Waals surface area contributed by atoms with Gasteiger partial charge in [0.25, 0.3) is 0 Å². The minimum absolute atomic E-state index is 0.0865. The molecule has 186 valence electrons. The van der Waals surface area contributed by atoms with Gasteiger partial charge in [0, 0.05) is 4.11 Å². The molecule has 4 saturated carbocycles. The Morgan fingerprint density at radius 1 is 0.844 bits per heavy atom. The van der Waals surface area contributed by atoms with Crippen LogP contribution in [-0.4, -0.2) is 44.8 Å². The van der Waals surface area contributed by atoms with E-state index in [2.05, 4.69) is 20.8 Å². The minimum Gasteiger partial charge on any atom is -0.390 e. The lowest BCUT2D eigenvalue weighted by Crippen LogP contribution is -2.57. The van der Waals surface area contributed by atoms with Gasteiger partial charge < -0.3 is 20.4 Å². The SMILES string of the molecule is [2H]C([2H])([2H])C(C)[C@@H](C)[C@@H](O)[C@H](O)[C@@H](C)[C@H]1CC[C@H]2[C@@H]3CC[C@H]4C[C@H](O)[C@H](O)C[C@]4(C)[C@H]3CC[C@]12C. The molecule has 4 heteroatoms. The molecule has 4 N–H and O–H groups in total. The van der Waals surface area contributed by atoms with Crippen LogP contribution in [0.3, 0.4) is 0 Å². The molecule has 14 atom stereocenters. The zero-order valence-electron chi connectivity index (χ0n) is 23.9. The number of fused-ring (bicyclic) bond motifs is 5. The Kier molecular flexibility index (Phi) is 5.82. The summed E-state index contributed by atoms with van der Waals surface area (Å²) in [5.74, 6) is 1.28. The zero-order chi connectivity index (χ0) is 26.1. The standard InChI is InChI=1S/C28H50O4/c1-15(2)16(3)25(31)26(32)17(4)20-9-10-21-19-8-7-18-13-23(29)24(30)14-28(18,6)22(19)11-12-27(20,21)5/h15-26,29-32H,7-14H2,1-6H3/t16-,17+,18+,19+,20-,21+,22+,23+,24-,25-,26-,27-,28+/m1/s1/i1D3/t15?,16-,17+,18+,19+,20-,21+,22+,23+,24-,25-,26-,27-,28+. The Morgan fingerprint density at radius 2 is 1.53 bits per heavy atom. The van der Waals surface area contributed by atoms with Gasteiger partial charge in [0.05, 0.1) is 24.4 Å². The highest BCUT2D eigenvalue weighted by Gasteiger charge is 2.62. The average Bonchev–Trinajstić information content (AvgIpc) is 3.14. The van der Waals surface area contributed by atoms with E-state index in [4.69, 9.17) is 4.11 Å². The van der Waals surface area contributed by atoms with E-state index in [1.165, 1.54) is 6.42 Å². The maximum absolute atomic E-state index is 11.2. The van der Waals surface area contributed by atoms with Crippen molar-refractivity contribution in [3.8, 4) is 0 Å². The normalized spacial score (nSPS) is 52.8. The van der Waals surface area contributed by atoms with E-state index in [1.54, 1.807) is 13.8 Å². The fraction of sp³-hybridized carbons (Fsp3) is 1.00. The van der Waals surface area contributed by atoms with E-state index in [0.29, 0.717) is 36.0 Å². The number of hydrogen-bond donors (Lipinski definition) is 4. The molecular formula is C28H50O4. The van der Waals surface area contributed by atoms with E-state index in [-0.39, 0.29) is 16.7 Å². The molecule has 4 rings (SSSR count). The quantitative estimate of drug-likeness (QED) is 0.489. The third-order valence-corrected chi connectivity index (χ3v) is 11.6. The van der Waals surface area contributed by atoms with Crippen LogP contribution in [0.25, 0.3) is 0 Å². The van der Waals surface area contributed by atoms with Crippen LogP contribution in [0, 0.1) is 58.2 Å². The van der Waals surface area contributed by atoms with Crippen LogP contribution in [0.15, 0.2) is 0 Å². The highest BCUT2D eigenvalue weighted by Crippen LogP contribution is 2.68. The topological polar surface area (TPSA) is 80.9 Å². The summed E-state index contributed by atoms with van der Waals surface area (Å²) in [5, 5.41) is 43.1. The van der Waals surface area contributed by atoms with Gasteiger partial charge in [-0.15, -0.1) is 0 Å². The molecule has 0 radical (unpaired) electrons. The summed E-state index contributed by atoms with van der Waals surface area (Å²) >= 11 is 0. The van der Waals surface area contributed by atoms with Crippen molar-refractivity contribution in [3.05, 3.63) is 0 Å². The molecule has 0 aromatic heterocycles. The first kappa shape index (κ1) is 21.1. The zero-order valence-corrected chi connectivity index (χ0v) is 20.9. The van der Waals surface area contributed by atoms with E-state index in [0.717, 1.165) is 38.5 Å². The molecular weight excluding hydrogens is 400 g/mol. The van der Waals surface area contributed by atoms with Crippen LogP contribution in [0.5, 0.6) is 0 Å². The fourth-order valence-electron chi connectivity index (χ4n) is 9.34. The summed E-state index contributed by atoms with van der Waals surface area (Å²) in [6.45, 7) is 8.08. The smallest absolute Gasteiger partial charge is 0.0830 e. The van der Waals surface area contributed by atoms with Crippen LogP contribution in [0.1, 0.15) is 96.9 Å². The van der Waals surface area contributed by atoms with Crippen molar-refractivity contribution < 1.29 is 24.5 Å². The summed E-state index contributed by atoms with van der Waals surface area (Å²) < 4.78 is 23.2. The summed E-state index contributed by atoms with van der Waals surface area (Å²) in [7, 11) is 0. The van der Waals surface area contributed by atoms with Gasteiger partial charge in [0.15, 0.2) is 0 Å². The van der Waals surface area contributed by atoms with Gasteiger partial charge >= 0.3 is 0 Å². The van der Waals surface area contributed by atoms with Gasteiger partial charge in [0.1, 0.15) is 0 Å². The van der Waals surface area contributed by atoms with Crippen LogP contribution in [0.4, 0.5) is 0 Å². The molecule has 4 aliphatic carbocycles. The average molecular weight is 454 g/mol. The van der Waals surface area contributed by atoms with Crippen molar-refractivity contribution in [1.29, 1.82) is 0 Å². The van der Waals surface area contributed by atoms with Crippen LogP contribution >= 0.6 is 0 Å². The lowest BCUT2D eigenvalue weighted by molar-refractivity contribution is -0.163. The van der Waals surface area contributed by atoms with Gasteiger partial charge in [-0.3, -0.25) is 0 Å². The molecule has 0 aromatic rings. The summed E-state index contributed by atoms with van der Waals surface area (Å²) in [4.78, 5) is 0. The maximum Gasteiger partial charge on any atom is 0.0830 e. The first-order valence-corrected chi connectivity index (χ1v) is 13.3. The lowest BCUT2D eigenvalue weighted by atomic mass is 9.44. The Balaban J connectivity index is 1.49. The summed E-state index contributed by atoms with van der Waals surface area (Å²) in [5.41, 5.74) is 0.194. The van der Waals surface area contributed by atoms with Gasteiger partial charge in [-0.25, -0.2) is 0 Å². The number of hydrogen-bond acceptors (Lipinski definition) is 4. The lowest BCUT2D eigenvalue weighted by Gasteiger charge is -2.61. The molecule has 0 aliphatic heterocycles. The molecule has 0 saturated heterocycles. The van der Waals surface area contributed by atoms with Gasteiger partial charge in [-0.2, -0.15) is 0 Å². The van der Waals surface area contributed by atoms with E-state index in [1.807, 2.05) is 0 Å². The molecule has 0 heterocycles.